The van der Waals surface area contributed by atoms with Crippen molar-refractivity contribution in [3.05, 3.63) is 95.6 Å². The van der Waals surface area contributed by atoms with E-state index >= 15 is 0 Å². The van der Waals surface area contributed by atoms with Gasteiger partial charge in [0.25, 0.3) is 0 Å². The summed E-state index contributed by atoms with van der Waals surface area (Å²) in [6.45, 7) is 0.424. The maximum Gasteiger partial charge on any atom is 0.319 e. The number of thiazole rings is 1. The highest BCUT2D eigenvalue weighted by atomic mass is 32.1. The SMILES string of the molecule is Nc1nc(-c2ccc(NC(=O)N[C@@H](Cc3ccccc3)C(=O)NCCc3ccccn3)cc2)cs1. The van der Waals surface area contributed by atoms with Gasteiger partial charge >= 0.3 is 6.03 Å². The molecule has 178 valence electrons. The normalized spacial score (nSPS) is 11.4. The maximum atomic E-state index is 12.9. The van der Waals surface area contributed by atoms with Crippen LogP contribution in [-0.2, 0) is 17.6 Å². The molecule has 3 amide bonds. The molecule has 0 aliphatic heterocycles. The van der Waals surface area contributed by atoms with Crippen molar-refractivity contribution in [3.63, 3.8) is 0 Å². The lowest BCUT2D eigenvalue weighted by Crippen LogP contribution is -2.49. The van der Waals surface area contributed by atoms with Gasteiger partial charge in [-0.15, -0.1) is 11.3 Å². The highest BCUT2D eigenvalue weighted by molar-refractivity contribution is 7.13. The molecule has 4 aromatic rings. The van der Waals surface area contributed by atoms with Gasteiger partial charge in [0.1, 0.15) is 6.04 Å². The molecule has 8 nitrogen and oxygen atoms in total. The first-order chi connectivity index (χ1) is 17.1. The van der Waals surface area contributed by atoms with Crippen molar-refractivity contribution in [2.75, 3.05) is 17.6 Å². The van der Waals surface area contributed by atoms with E-state index in [1.165, 1.54) is 11.3 Å². The van der Waals surface area contributed by atoms with Crippen LogP contribution in [-0.4, -0.2) is 34.5 Å². The number of urea groups is 1. The number of amides is 3. The second kappa shape index (κ2) is 11.8. The minimum absolute atomic E-state index is 0.253. The van der Waals surface area contributed by atoms with Crippen molar-refractivity contribution < 1.29 is 9.59 Å². The summed E-state index contributed by atoms with van der Waals surface area (Å²) in [7, 11) is 0. The van der Waals surface area contributed by atoms with Gasteiger partial charge in [-0.2, -0.15) is 0 Å². The minimum Gasteiger partial charge on any atom is -0.375 e. The molecule has 2 heterocycles. The van der Waals surface area contributed by atoms with Crippen LogP contribution in [0, 0.1) is 0 Å². The van der Waals surface area contributed by atoms with Crippen molar-refractivity contribution >= 4 is 34.1 Å². The minimum atomic E-state index is -0.738. The molecule has 4 rings (SSSR count). The van der Waals surface area contributed by atoms with E-state index in [1.807, 2.05) is 66.0 Å². The molecule has 0 aliphatic rings. The molecule has 0 saturated heterocycles. The van der Waals surface area contributed by atoms with Crippen molar-refractivity contribution in [2.45, 2.75) is 18.9 Å². The molecular formula is C26H26N6O2S. The molecule has 35 heavy (non-hydrogen) atoms. The van der Waals surface area contributed by atoms with Crippen LogP contribution in [0.3, 0.4) is 0 Å². The number of carbonyl (C=O) groups is 2. The quantitative estimate of drug-likeness (QED) is 0.286. The van der Waals surface area contributed by atoms with E-state index in [1.54, 1.807) is 18.3 Å². The Morgan fingerprint density at radius 1 is 0.971 bits per heavy atom. The van der Waals surface area contributed by atoms with Crippen molar-refractivity contribution in [1.29, 1.82) is 0 Å². The molecule has 2 aromatic carbocycles. The predicted octanol–water partition coefficient (Wildman–Crippen LogP) is 3.88. The number of nitrogens with zero attached hydrogens (tertiary/aromatic N) is 2. The number of aromatic nitrogens is 2. The van der Waals surface area contributed by atoms with Gasteiger partial charge in [-0.25, -0.2) is 9.78 Å². The van der Waals surface area contributed by atoms with E-state index in [4.69, 9.17) is 5.73 Å². The van der Waals surface area contributed by atoms with Gasteiger partial charge in [0.2, 0.25) is 5.91 Å². The van der Waals surface area contributed by atoms with Crippen LogP contribution < -0.4 is 21.7 Å². The number of anilines is 2. The summed E-state index contributed by atoms with van der Waals surface area (Å²) in [6, 6.07) is 21.3. The van der Waals surface area contributed by atoms with E-state index < -0.39 is 12.1 Å². The molecule has 9 heteroatoms. The Hall–Kier alpha value is -4.24. The van der Waals surface area contributed by atoms with Crippen LogP contribution in [0.1, 0.15) is 11.3 Å². The fourth-order valence-corrected chi connectivity index (χ4v) is 4.08. The van der Waals surface area contributed by atoms with Gasteiger partial charge in [0, 0.05) is 47.9 Å². The molecule has 0 bridgehead atoms. The molecule has 0 fully saturated rings. The second-order valence-electron chi connectivity index (χ2n) is 7.85. The molecule has 2 aromatic heterocycles. The van der Waals surface area contributed by atoms with Crippen LogP contribution >= 0.6 is 11.3 Å². The number of nitrogen functional groups attached to an aromatic ring is 1. The lowest BCUT2D eigenvalue weighted by atomic mass is 10.1. The zero-order valence-corrected chi connectivity index (χ0v) is 19.8. The topological polar surface area (TPSA) is 122 Å². The molecule has 5 N–H and O–H groups in total. The maximum absolute atomic E-state index is 12.9. The van der Waals surface area contributed by atoms with Gasteiger partial charge in [-0.1, -0.05) is 48.5 Å². The zero-order valence-electron chi connectivity index (χ0n) is 19.0. The zero-order chi connectivity index (χ0) is 24.5. The Morgan fingerprint density at radius 3 is 2.43 bits per heavy atom. The van der Waals surface area contributed by atoms with Crippen molar-refractivity contribution in [2.24, 2.45) is 0 Å². The predicted molar refractivity (Wildman–Crippen MR) is 139 cm³/mol. The first-order valence-electron chi connectivity index (χ1n) is 11.2. The molecule has 0 unspecified atom stereocenters. The molecule has 0 aliphatic carbocycles. The lowest BCUT2D eigenvalue weighted by molar-refractivity contribution is -0.122. The fourth-order valence-electron chi connectivity index (χ4n) is 3.51. The van der Waals surface area contributed by atoms with Crippen LogP contribution in [0.5, 0.6) is 0 Å². The summed E-state index contributed by atoms with van der Waals surface area (Å²) in [5.41, 5.74) is 9.83. The first kappa shape index (κ1) is 23.9. The molecule has 0 radical (unpaired) electrons. The second-order valence-corrected chi connectivity index (χ2v) is 8.74. The van der Waals surface area contributed by atoms with Gasteiger partial charge < -0.3 is 21.7 Å². The largest absolute Gasteiger partial charge is 0.375 e. The summed E-state index contributed by atoms with van der Waals surface area (Å²) in [5, 5.41) is 10.9. The third-order valence-corrected chi connectivity index (χ3v) is 5.95. The number of carbonyl (C=O) groups excluding carboxylic acids is 2. The number of rotatable bonds is 9. The van der Waals surface area contributed by atoms with Crippen LogP contribution in [0.15, 0.2) is 84.4 Å². The van der Waals surface area contributed by atoms with Crippen molar-refractivity contribution in [1.82, 2.24) is 20.6 Å². The summed E-state index contributed by atoms with van der Waals surface area (Å²) >= 11 is 1.37. The van der Waals surface area contributed by atoms with Gasteiger partial charge in [-0.3, -0.25) is 9.78 Å². The molecular weight excluding hydrogens is 460 g/mol. The summed E-state index contributed by atoms with van der Waals surface area (Å²) < 4.78 is 0. The number of nitrogens with two attached hydrogens (primary N) is 1. The van der Waals surface area contributed by atoms with E-state index in [9.17, 15) is 9.59 Å². The number of hydrogen-bond donors (Lipinski definition) is 4. The van der Waals surface area contributed by atoms with Gasteiger partial charge in [-0.05, 0) is 29.8 Å². The fraction of sp³-hybridized carbons (Fsp3) is 0.154. The van der Waals surface area contributed by atoms with E-state index in [0.717, 1.165) is 22.5 Å². The number of hydrogen-bond acceptors (Lipinski definition) is 6. The van der Waals surface area contributed by atoms with E-state index in [0.29, 0.717) is 30.2 Å². The van der Waals surface area contributed by atoms with Gasteiger partial charge in [0.05, 0.1) is 5.69 Å². The summed E-state index contributed by atoms with van der Waals surface area (Å²) in [6.07, 6.45) is 2.70. The molecule has 0 spiro atoms. The van der Waals surface area contributed by atoms with E-state index in [2.05, 4.69) is 25.9 Å². The Bertz CT molecular complexity index is 1250. The number of pyridine rings is 1. The Morgan fingerprint density at radius 2 is 1.74 bits per heavy atom. The van der Waals surface area contributed by atoms with Crippen LogP contribution in [0.25, 0.3) is 11.3 Å². The Balaban J connectivity index is 1.37. The smallest absolute Gasteiger partial charge is 0.319 e. The summed E-state index contributed by atoms with van der Waals surface area (Å²) in [5.74, 6) is -0.253. The number of benzene rings is 2. The number of nitrogens with one attached hydrogen (secondary N) is 3. The van der Waals surface area contributed by atoms with Crippen LogP contribution in [0.2, 0.25) is 0 Å². The first-order valence-corrected chi connectivity index (χ1v) is 12.1. The molecule has 1 atom stereocenters. The third-order valence-electron chi connectivity index (χ3n) is 5.27. The standard InChI is InChI=1S/C26H26N6O2S/c27-25-31-23(17-35-25)19-9-11-21(12-10-19)30-26(34)32-22(16-18-6-2-1-3-7-18)24(33)29-15-13-20-8-4-5-14-28-20/h1-12,14,17,22H,13,15-16H2,(H2,27,31)(H,29,33)(H2,30,32,34)/t22-/m0/s1. The lowest BCUT2D eigenvalue weighted by Gasteiger charge is -2.19. The Labute approximate surface area is 207 Å². The average Bonchev–Trinajstić information content (AvgIpc) is 3.31. The highest BCUT2D eigenvalue weighted by Gasteiger charge is 2.21. The van der Waals surface area contributed by atoms with Crippen molar-refractivity contribution in [3.8, 4) is 11.3 Å². The highest BCUT2D eigenvalue weighted by Crippen LogP contribution is 2.24. The van der Waals surface area contributed by atoms with E-state index in [-0.39, 0.29) is 5.91 Å². The molecule has 0 saturated carbocycles. The monoisotopic (exact) mass is 486 g/mol. The van der Waals surface area contributed by atoms with Crippen LogP contribution in [0.4, 0.5) is 15.6 Å². The van der Waals surface area contributed by atoms with Gasteiger partial charge in [0.15, 0.2) is 5.13 Å². The average molecular weight is 487 g/mol. The Kier molecular flexibility index (Phi) is 8.03. The third kappa shape index (κ3) is 7.12. The summed E-state index contributed by atoms with van der Waals surface area (Å²) in [4.78, 5) is 34.2.